The molecular weight excluding hydrogens is 452 g/mol. The fraction of sp³-hybridized carbons (Fsp3) is 0.379. The molecule has 0 unspecified atom stereocenters. The Morgan fingerprint density at radius 2 is 1.92 bits per heavy atom. The quantitative estimate of drug-likeness (QED) is 0.494. The predicted octanol–water partition coefficient (Wildman–Crippen LogP) is 4.83. The van der Waals surface area contributed by atoms with Crippen molar-refractivity contribution in [3.8, 4) is 5.69 Å². The molecule has 7 heteroatoms. The first-order valence-corrected chi connectivity index (χ1v) is 12.6. The van der Waals surface area contributed by atoms with Crippen LogP contribution in [-0.2, 0) is 16.0 Å². The Morgan fingerprint density at radius 1 is 1.11 bits per heavy atom. The molecule has 7 nitrogen and oxygen atoms in total. The highest BCUT2D eigenvalue weighted by Gasteiger charge is 2.29. The average Bonchev–Trinajstić information content (AvgIpc) is 3.31. The van der Waals surface area contributed by atoms with Crippen LogP contribution in [0.4, 0.5) is 5.69 Å². The second-order valence-corrected chi connectivity index (χ2v) is 10.1. The molecule has 1 aliphatic rings. The molecule has 36 heavy (non-hydrogen) atoms. The maximum absolute atomic E-state index is 13.2. The standard InChI is InChI=1S/C29H34N4O3/c1-20(2)13-27(34)24-10-6-12-32(18-24)29(36)23-9-5-11-26(16-23)33-19-25(17-30-33)31-28(35)15-22-8-4-7-21(3)14-22/h4-5,7-9,11,14,16-17,19-20,24H,6,10,12-13,15,18H2,1-3H3,(H,31,35)/t24-/m1/s1. The monoisotopic (exact) mass is 486 g/mol. The molecule has 1 fully saturated rings. The van der Waals surface area contributed by atoms with Gasteiger partial charge in [-0.25, -0.2) is 4.68 Å². The number of benzene rings is 2. The van der Waals surface area contributed by atoms with Crippen LogP contribution in [0.2, 0.25) is 0 Å². The van der Waals surface area contributed by atoms with Gasteiger partial charge in [-0.2, -0.15) is 5.10 Å². The molecule has 0 radical (unpaired) electrons. The summed E-state index contributed by atoms with van der Waals surface area (Å²) >= 11 is 0. The smallest absolute Gasteiger partial charge is 0.253 e. The van der Waals surface area contributed by atoms with Gasteiger partial charge in [0.25, 0.3) is 5.91 Å². The normalized spacial score (nSPS) is 15.7. The lowest BCUT2D eigenvalue weighted by Gasteiger charge is -2.32. The fourth-order valence-corrected chi connectivity index (χ4v) is 4.70. The Morgan fingerprint density at radius 3 is 2.69 bits per heavy atom. The van der Waals surface area contributed by atoms with Gasteiger partial charge in [-0.3, -0.25) is 14.4 Å². The van der Waals surface area contributed by atoms with Gasteiger partial charge in [0.15, 0.2) is 0 Å². The molecule has 1 aliphatic heterocycles. The number of likely N-dealkylation sites (tertiary alicyclic amines) is 1. The van der Waals surface area contributed by atoms with Crippen molar-refractivity contribution in [1.29, 1.82) is 0 Å². The number of nitrogens with one attached hydrogen (secondary N) is 1. The van der Waals surface area contributed by atoms with Crippen LogP contribution in [-0.4, -0.2) is 45.4 Å². The average molecular weight is 487 g/mol. The summed E-state index contributed by atoms with van der Waals surface area (Å²) < 4.78 is 1.64. The van der Waals surface area contributed by atoms with Crippen molar-refractivity contribution < 1.29 is 14.4 Å². The molecule has 3 aromatic rings. The minimum Gasteiger partial charge on any atom is -0.338 e. The number of aromatic nitrogens is 2. The Hall–Kier alpha value is -3.74. The lowest BCUT2D eigenvalue weighted by Crippen LogP contribution is -2.42. The van der Waals surface area contributed by atoms with E-state index < -0.39 is 0 Å². The Kier molecular flexibility index (Phi) is 7.98. The number of piperidine rings is 1. The second-order valence-electron chi connectivity index (χ2n) is 10.1. The minimum atomic E-state index is -0.115. The number of carbonyl (C=O) groups excluding carboxylic acids is 3. The first-order valence-electron chi connectivity index (χ1n) is 12.6. The fourth-order valence-electron chi connectivity index (χ4n) is 4.70. The van der Waals surface area contributed by atoms with E-state index in [1.165, 1.54) is 0 Å². The van der Waals surface area contributed by atoms with Crippen molar-refractivity contribution in [2.75, 3.05) is 18.4 Å². The number of carbonyl (C=O) groups is 3. The van der Waals surface area contributed by atoms with Gasteiger partial charge >= 0.3 is 0 Å². The maximum atomic E-state index is 13.2. The van der Waals surface area contributed by atoms with Gasteiger partial charge in [0.2, 0.25) is 5.91 Å². The third-order valence-electron chi connectivity index (χ3n) is 6.44. The third-order valence-corrected chi connectivity index (χ3v) is 6.44. The summed E-state index contributed by atoms with van der Waals surface area (Å²) in [6.45, 7) is 7.23. The van der Waals surface area contributed by atoms with Crippen molar-refractivity contribution in [1.82, 2.24) is 14.7 Å². The van der Waals surface area contributed by atoms with Crippen LogP contribution in [0.25, 0.3) is 5.69 Å². The van der Waals surface area contributed by atoms with Crippen molar-refractivity contribution in [3.05, 3.63) is 77.6 Å². The highest BCUT2D eigenvalue weighted by molar-refractivity contribution is 5.95. The van der Waals surface area contributed by atoms with E-state index in [0.29, 0.717) is 36.7 Å². The van der Waals surface area contributed by atoms with Crippen molar-refractivity contribution in [3.63, 3.8) is 0 Å². The molecular formula is C29H34N4O3. The van der Waals surface area contributed by atoms with Crippen LogP contribution < -0.4 is 5.32 Å². The highest BCUT2D eigenvalue weighted by atomic mass is 16.2. The van der Waals surface area contributed by atoms with E-state index in [2.05, 4.69) is 10.4 Å². The molecule has 4 rings (SSSR count). The number of hydrogen-bond acceptors (Lipinski definition) is 4. The zero-order valence-corrected chi connectivity index (χ0v) is 21.2. The van der Waals surface area contributed by atoms with E-state index in [4.69, 9.17) is 0 Å². The molecule has 1 aromatic heterocycles. The van der Waals surface area contributed by atoms with Gasteiger partial charge in [-0.15, -0.1) is 0 Å². The summed E-state index contributed by atoms with van der Waals surface area (Å²) in [5.41, 5.74) is 3.95. The largest absolute Gasteiger partial charge is 0.338 e. The zero-order chi connectivity index (χ0) is 25.7. The number of hydrogen-bond donors (Lipinski definition) is 1. The van der Waals surface area contributed by atoms with E-state index >= 15 is 0 Å². The summed E-state index contributed by atoms with van der Waals surface area (Å²) in [5.74, 6) is 0.315. The molecule has 2 aromatic carbocycles. The van der Waals surface area contributed by atoms with Gasteiger partial charge in [-0.05, 0) is 49.4 Å². The van der Waals surface area contributed by atoms with Gasteiger partial charge in [0.1, 0.15) is 5.78 Å². The van der Waals surface area contributed by atoms with Crippen molar-refractivity contribution in [2.45, 2.75) is 46.5 Å². The lowest BCUT2D eigenvalue weighted by molar-refractivity contribution is -0.124. The van der Waals surface area contributed by atoms with E-state index in [1.54, 1.807) is 34.1 Å². The van der Waals surface area contributed by atoms with Gasteiger partial charge in [-0.1, -0.05) is 49.7 Å². The van der Waals surface area contributed by atoms with Crippen LogP contribution in [0, 0.1) is 18.8 Å². The number of Topliss-reactive ketones (excluding diaryl/α,β-unsaturated/α-hetero) is 1. The Bertz CT molecular complexity index is 1250. The lowest BCUT2D eigenvalue weighted by atomic mass is 9.89. The predicted molar refractivity (Wildman–Crippen MR) is 140 cm³/mol. The Labute approximate surface area is 212 Å². The van der Waals surface area contributed by atoms with E-state index in [1.807, 2.05) is 57.2 Å². The van der Waals surface area contributed by atoms with E-state index in [9.17, 15) is 14.4 Å². The molecule has 1 N–H and O–H groups in total. The van der Waals surface area contributed by atoms with Crippen LogP contribution in [0.15, 0.2) is 60.9 Å². The Balaban J connectivity index is 1.40. The number of nitrogens with zero attached hydrogens (tertiary/aromatic N) is 3. The molecule has 2 heterocycles. The van der Waals surface area contributed by atoms with Crippen LogP contribution >= 0.6 is 0 Å². The minimum absolute atomic E-state index is 0.0715. The summed E-state index contributed by atoms with van der Waals surface area (Å²) in [6.07, 6.45) is 5.86. The number of amides is 2. The topological polar surface area (TPSA) is 84.3 Å². The molecule has 0 saturated carbocycles. The van der Waals surface area contributed by atoms with Crippen molar-refractivity contribution >= 4 is 23.3 Å². The number of rotatable bonds is 8. The SMILES string of the molecule is Cc1cccc(CC(=O)Nc2cnn(-c3cccc(C(=O)N4CCC[C@@H](C(=O)CC(C)C)C4)c3)c2)c1. The third kappa shape index (κ3) is 6.47. The molecule has 188 valence electrons. The molecule has 0 aliphatic carbocycles. The number of aryl methyl sites for hydroxylation is 1. The highest BCUT2D eigenvalue weighted by Crippen LogP contribution is 2.23. The van der Waals surface area contributed by atoms with Crippen molar-refractivity contribution in [2.24, 2.45) is 11.8 Å². The summed E-state index contributed by atoms with van der Waals surface area (Å²) in [6, 6.07) is 15.2. The maximum Gasteiger partial charge on any atom is 0.253 e. The first-order chi connectivity index (χ1) is 17.3. The summed E-state index contributed by atoms with van der Waals surface area (Å²) in [4.78, 5) is 40.1. The van der Waals surface area contributed by atoms with Crippen LogP contribution in [0.3, 0.4) is 0 Å². The van der Waals surface area contributed by atoms with Gasteiger partial charge in [0.05, 0.1) is 30.2 Å². The molecule has 2 amide bonds. The number of ketones is 1. The van der Waals surface area contributed by atoms with E-state index in [-0.39, 0.29) is 29.9 Å². The van der Waals surface area contributed by atoms with Crippen LogP contribution in [0.5, 0.6) is 0 Å². The molecule has 0 spiro atoms. The molecule has 1 saturated heterocycles. The van der Waals surface area contributed by atoms with Crippen LogP contribution in [0.1, 0.15) is 54.6 Å². The molecule has 1 atom stereocenters. The van der Waals surface area contributed by atoms with E-state index in [0.717, 1.165) is 29.7 Å². The first kappa shape index (κ1) is 25.4. The van der Waals surface area contributed by atoms with Gasteiger partial charge < -0.3 is 10.2 Å². The summed E-state index contributed by atoms with van der Waals surface area (Å²) in [5, 5.41) is 7.26. The number of anilines is 1. The second kappa shape index (κ2) is 11.3. The molecule has 0 bridgehead atoms. The summed E-state index contributed by atoms with van der Waals surface area (Å²) in [7, 11) is 0. The van der Waals surface area contributed by atoms with Gasteiger partial charge in [0, 0.05) is 31.0 Å². The zero-order valence-electron chi connectivity index (χ0n) is 21.2.